The number of likely N-dealkylation sites (tertiary alicyclic amines) is 1. The van der Waals surface area contributed by atoms with Crippen LogP contribution in [0.1, 0.15) is 35.2 Å². The van der Waals surface area contributed by atoms with Crippen LogP contribution in [0.15, 0.2) is 47.4 Å². The molecule has 2 atom stereocenters. The van der Waals surface area contributed by atoms with Crippen LogP contribution in [0.3, 0.4) is 0 Å². The van der Waals surface area contributed by atoms with E-state index in [4.69, 9.17) is 4.74 Å². The number of anilines is 1. The van der Waals surface area contributed by atoms with Crippen LogP contribution in [0.2, 0.25) is 0 Å². The Morgan fingerprint density at radius 2 is 1.93 bits per heavy atom. The number of carbonyl (C=O) groups excluding carboxylic acids is 1. The normalized spacial score (nSPS) is 23.0. The quantitative estimate of drug-likeness (QED) is 0.839. The van der Waals surface area contributed by atoms with E-state index in [1.54, 1.807) is 23.9 Å². The molecule has 1 aliphatic heterocycles. The van der Waals surface area contributed by atoms with E-state index in [9.17, 15) is 9.59 Å². The molecule has 0 radical (unpaired) electrons. The summed E-state index contributed by atoms with van der Waals surface area (Å²) in [7, 11) is 5.25. The third-order valence-electron chi connectivity index (χ3n) is 5.20. The predicted octanol–water partition coefficient (Wildman–Crippen LogP) is 2.46. The monoisotopic (exact) mass is 369 g/mol. The fourth-order valence-corrected chi connectivity index (χ4v) is 4.01. The van der Waals surface area contributed by atoms with E-state index >= 15 is 0 Å². The SMILES string of the molecule is COC(=O)c1ccc([C@@H]2CN(C)C[C@@](C)(Nc3ccn(C)c(=O)c3)C2)cc1. The Morgan fingerprint density at radius 3 is 2.56 bits per heavy atom. The number of likely N-dealkylation sites (N-methyl/N-ethyl adjacent to an activating group) is 1. The zero-order valence-corrected chi connectivity index (χ0v) is 16.4. The molecule has 1 fully saturated rings. The summed E-state index contributed by atoms with van der Waals surface area (Å²) in [6.07, 6.45) is 2.72. The van der Waals surface area contributed by atoms with E-state index in [2.05, 4.69) is 24.2 Å². The average Bonchev–Trinajstić information content (AvgIpc) is 2.63. The van der Waals surface area contributed by atoms with Gasteiger partial charge >= 0.3 is 5.97 Å². The third-order valence-corrected chi connectivity index (χ3v) is 5.20. The largest absolute Gasteiger partial charge is 0.465 e. The Hall–Kier alpha value is -2.60. The van der Waals surface area contributed by atoms with Crippen molar-refractivity contribution < 1.29 is 9.53 Å². The van der Waals surface area contributed by atoms with Gasteiger partial charge in [0.05, 0.1) is 12.7 Å². The summed E-state index contributed by atoms with van der Waals surface area (Å²) in [5.41, 5.74) is 2.42. The van der Waals surface area contributed by atoms with Crippen molar-refractivity contribution in [3.63, 3.8) is 0 Å². The van der Waals surface area contributed by atoms with Crippen LogP contribution in [0, 0.1) is 0 Å². The van der Waals surface area contributed by atoms with Gasteiger partial charge in [-0.3, -0.25) is 4.79 Å². The van der Waals surface area contributed by atoms with Crippen molar-refractivity contribution in [1.29, 1.82) is 0 Å². The van der Waals surface area contributed by atoms with E-state index in [0.717, 1.165) is 25.2 Å². The first-order chi connectivity index (χ1) is 12.8. The number of hydrogen-bond donors (Lipinski definition) is 1. The zero-order chi connectivity index (χ0) is 19.6. The highest BCUT2D eigenvalue weighted by Crippen LogP contribution is 2.34. The number of aryl methyl sites for hydroxylation is 1. The van der Waals surface area contributed by atoms with E-state index in [-0.39, 0.29) is 17.1 Å². The van der Waals surface area contributed by atoms with Gasteiger partial charge < -0.3 is 19.5 Å². The minimum absolute atomic E-state index is 0.0253. The molecule has 27 heavy (non-hydrogen) atoms. The number of pyridine rings is 1. The predicted molar refractivity (Wildman–Crippen MR) is 106 cm³/mol. The lowest BCUT2D eigenvalue weighted by atomic mass is 9.80. The Balaban J connectivity index is 1.79. The smallest absolute Gasteiger partial charge is 0.337 e. The Kier molecular flexibility index (Phi) is 5.37. The van der Waals surface area contributed by atoms with Crippen LogP contribution >= 0.6 is 0 Å². The molecule has 3 rings (SSSR count). The molecular weight excluding hydrogens is 342 g/mol. The van der Waals surface area contributed by atoms with Gasteiger partial charge in [-0.05, 0) is 50.1 Å². The number of hydrogen-bond acceptors (Lipinski definition) is 5. The lowest BCUT2D eigenvalue weighted by molar-refractivity contribution is 0.0600. The molecule has 0 bridgehead atoms. The minimum atomic E-state index is -0.320. The van der Waals surface area contributed by atoms with Gasteiger partial charge in [-0.2, -0.15) is 0 Å². The number of benzene rings is 1. The van der Waals surface area contributed by atoms with Crippen molar-refractivity contribution in [3.8, 4) is 0 Å². The summed E-state index contributed by atoms with van der Waals surface area (Å²) < 4.78 is 6.33. The summed E-state index contributed by atoms with van der Waals surface area (Å²) in [5, 5.41) is 3.57. The second-order valence-corrected chi connectivity index (χ2v) is 7.76. The third kappa shape index (κ3) is 4.39. The first kappa shape index (κ1) is 19.2. The molecule has 0 unspecified atom stereocenters. The first-order valence-electron chi connectivity index (χ1n) is 9.11. The molecule has 0 saturated carbocycles. The summed E-state index contributed by atoms with van der Waals surface area (Å²) >= 11 is 0. The lowest BCUT2D eigenvalue weighted by Crippen LogP contribution is -2.52. The number of carbonyl (C=O) groups is 1. The van der Waals surface area contributed by atoms with Crippen molar-refractivity contribution in [1.82, 2.24) is 9.47 Å². The number of piperidine rings is 1. The van der Waals surface area contributed by atoms with Crippen LogP contribution < -0.4 is 10.9 Å². The molecule has 6 nitrogen and oxygen atoms in total. The van der Waals surface area contributed by atoms with Crippen LogP contribution in [0.5, 0.6) is 0 Å². The van der Waals surface area contributed by atoms with Crippen molar-refractivity contribution >= 4 is 11.7 Å². The first-order valence-corrected chi connectivity index (χ1v) is 9.11. The fraction of sp³-hybridized carbons (Fsp3) is 0.429. The average molecular weight is 369 g/mol. The Labute approximate surface area is 159 Å². The zero-order valence-electron chi connectivity index (χ0n) is 16.4. The molecule has 2 aromatic rings. The van der Waals surface area contributed by atoms with Gasteiger partial charge in [-0.25, -0.2) is 4.79 Å². The number of nitrogens with zero attached hydrogens (tertiary/aromatic N) is 2. The van der Waals surface area contributed by atoms with Gasteiger partial charge in [-0.1, -0.05) is 12.1 Å². The molecule has 0 amide bonds. The molecule has 1 N–H and O–H groups in total. The molecule has 1 aliphatic rings. The number of methoxy groups -OCH3 is 1. The number of aromatic nitrogens is 1. The molecule has 1 aromatic carbocycles. The molecule has 144 valence electrons. The summed E-state index contributed by atoms with van der Waals surface area (Å²) in [4.78, 5) is 25.9. The molecule has 0 aliphatic carbocycles. The van der Waals surface area contributed by atoms with Crippen LogP contribution in [-0.4, -0.2) is 48.2 Å². The standard InChI is InChI=1S/C21H27N3O3/c1-21(22-18-9-10-24(3)19(25)11-18)12-17(13-23(2)14-21)15-5-7-16(8-6-15)20(26)27-4/h5-11,17,22H,12-14H2,1-4H3/t17-,21-/m0/s1. The highest BCUT2D eigenvalue weighted by Gasteiger charge is 2.35. The number of esters is 1. The van der Waals surface area contributed by atoms with E-state index < -0.39 is 0 Å². The lowest BCUT2D eigenvalue weighted by Gasteiger charge is -2.44. The molecular formula is C21H27N3O3. The minimum Gasteiger partial charge on any atom is -0.465 e. The van der Waals surface area contributed by atoms with Gasteiger partial charge in [0.1, 0.15) is 0 Å². The molecule has 1 aromatic heterocycles. The van der Waals surface area contributed by atoms with E-state index in [0.29, 0.717) is 11.5 Å². The van der Waals surface area contributed by atoms with Gasteiger partial charge in [0.25, 0.3) is 5.56 Å². The van der Waals surface area contributed by atoms with E-state index in [1.807, 2.05) is 30.3 Å². The maximum absolute atomic E-state index is 11.9. The van der Waals surface area contributed by atoms with Crippen LogP contribution in [-0.2, 0) is 11.8 Å². The molecule has 0 spiro atoms. The van der Waals surface area contributed by atoms with Gasteiger partial charge in [0, 0.05) is 43.6 Å². The maximum Gasteiger partial charge on any atom is 0.337 e. The second-order valence-electron chi connectivity index (χ2n) is 7.76. The van der Waals surface area contributed by atoms with Crippen molar-refractivity contribution in [3.05, 3.63) is 64.1 Å². The number of ether oxygens (including phenoxy) is 1. The Bertz CT molecular complexity index is 875. The van der Waals surface area contributed by atoms with Crippen molar-refractivity contribution in [2.24, 2.45) is 7.05 Å². The van der Waals surface area contributed by atoms with Gasteiger partial charge in [0.15, 0.2) is 0 Å². The molecule has 6 heteroatoms. The summed E-state index contributed by atoms with van der Waals surface area (Å²) in [6, 6.07) is 11.2. The molecule has 1 saturated heterocycles. The van der Waals surface area contributed by atoms with Crippen molar-refractivity contribution in [2.75, 3.05) is 32.6 Å². The van der Waals surface area contributed by atoms with Crippen molar-refractivity contribution in [2.45, 2.75) is 24.8 Å². The second kappa shape index (κ2) is 7.56. The van der Waals surface area contributed by atoms with Crippen LogP contribution in [0.4, 0.5) is 5.69 Å². The van der Waals surface area contributed by atoms with Crippen LogP contribution in [0.25, 0.3) is 0 Å². The molecule has 2 heterocycles. The fourth-order valence-electron chi connectivity index (χ4n) is 4.01. The maximum atomic E-state index is 11.9. The number of rotatable bonds is 4. The highest BCUT2D eigenvalue weighted by atomic mass is 16.5. The van der Waals surface area contributed by atoms with E-state index in [1.165, 1.54) is 12.7 Å². The highest BCUT2D eigenvalue weighted by molar-refractivity contribution is 5.89. The summed E-state index contributed by atoms with van der Waals surface area (Å²) in [5.74, 6) is 0.0129. The topological polar surface area (TPSA) is 63.6 Å². The number of nitrogens with one attached hydrogen (secondary N) is 1. The van der Waals surface area contributed by atoms with Gasteiger partial charge in [-0.15, -0.1) is 0 Å². The van der Waals surface area contributed by atoms with Gasteiger partial charge in [0.2, 0.25) is 0 Å². The Morgan fingerprint density at radius 1 is 1.22 bits per heavy atom. The summed E-state index contributed by atoms with van der Waals surface area (Å²) in [6.45, 7) is 4.03.